The Bertz CT molecular complexity index is 1470. The van der Waals surface area contributed by atoms with E-state index in [1.807, 2.05) is 13.8 Å². The number of anilines is 1. The van der Waals surface area contributed by atoms with Crippen LogP contribution in [0.2, 0.25) is 5.02 Å². The number of nitrogens with zero attached hydrogens (tertiary/aromatic N) is 1. The molecule has 1 aromatic heterocycles. The Morgan fingerprint density at radius 1 is 1.10 bits per heavy atom. The molecule has 1 heterocycles. The summed E-state index contributed by atoms with van der Waals surface area (Å²) in [5.74, 6) is -0.632. The summed E-state index contributed by atoms with van der Waals surface area (Å²) in [6.07, 6.45) is -4.87. The van der Waals surface area contributed by atoms with Crippen LogP contribution in [0, 0.1) is 0 Å². The lowest BCUT2D eigenvalue weighted by molar-refractivity contribution is -0.274. The van der Waals surface area contributed by atoms with Crippen LogP contribution in [0.5, 0.6) is 11.5 Å². The summed E-state index contributed by atoms with van der Waals surface area (Å²) in [5.41, 5.74) is 2.34. The zero-order chi connectivity index (χ0) is 28.2. The van der Waals surface area contributed by atoms with E-state index in [2.05, 4.69) is 15.2 Å². The number of aromatic nitrogens is 1. The first-order valence-electron chi connectivity index (χ1n) is 11.8. The molecule has 0 atom stereocenters. The van der Waals surface area contributed by atoms with E-state index in [0.717, 1.165) is 5.56 Å². The lowest BCUT2D eigenvalue weighted by Crippen LogP contribution is -2.17. The number of hydrogen-bond acceptors (Lipinski definition) is 6. The monoisotopic (exact) mass is 560 g/mol. The Hall–Kier alpha value is -4.18. The summed E-state index contributed by atoms with van der Waals surface area (Å²) in [6, 6.07) is 17.2. The Morgan fingerprint density at radius 3 is 2.56 bits per heavy atom. The number of para-hydroxylation sites is 1. The quantitative estimate of drug-likeness (QED) is 0.203. The van der Waals surface area contributed by atoms with Crippen molar-refractivity contribution in [3.63, 3.8) is 0 Å². The van der Waals surface area contributed by atoms with Crippen molar-refractivity contribution in [3.05, 3.63) is 94.2 Å². The number of hydrogen-bond donors (Lipinski definition) is 2. The molecule has 204 valence electrons. The highest BCUT2D eigenvalue weighted by Crippen LogP contribution is 2.38. The Balaban J connectivity index is 1.52. The van der Waals surface area contributed by atoms with Crippen molar-refractivity contribution in [1.29, 1.82) is 0 Å². The molecule has 0 spiro atoms. The fourth-order valence-corrected chi connectivity index (χ4v) is 4.12. The molecule has 7 nitrogen and oxygen atoms in total. The summed E-state index contributed by atoms with van der Waals surface area (Å²) in [4.78, 5) is 11.2. The van der Waals surface area contributed by atoms with Crippen LogP contribution < -0.4 is 14.8 Å². The van der Waals surface area contributed by atoms with E-state index in [0.29, 0.717) is 34.3 Å². The molecule has 0 amide bonds. The topological polar surface area (TPSA) is 93.8 Å². The van der Waals surface area contributed by atoms with Gasteiger partial charge in [-0.1, -0.05) is 54.9 Å². The minimum Gasteiger partial charge on any atom is -0.489 e. The van der Waals surface area contributed by atoms with Gasteiger partial charge in [-0.25, -0.2) is 4.79 Å². The standard InChI is InChI=1S/C28H24ClF3N2O5/c1-16(2)26-22(25(34-39-26)21-8-3-4-9-24(21)38-28(30,31)32)15-37-20-11-10-18(23(29)13-20)14-33-19-7-5-6-17(12-19)27(35)36/h3-13,16,33H,14-15H2,1-2H3,(H,35,36). The molecule has 3 aromatic carbocycles. The molecule has 0 saturated heterocycles. The van der Waals surface area contributed by atoms with Crippen molar-refractivity contribution >= 4 is 23.3 Å². The zero-order valence-corrected chi connectivity index (χ0v) is 21.6. The maximum absolute atomic E-state index is 13.0. The number of aromatic carboxylic acids is 1. The van der Waals surface area contributed by atoms with Crippen LogP contribution in [0.3, 0.4) is 0 Å². The molecule has 11 heteroatoms. The minimum atomic E-state index is -4.87. The maximum atomic E-state index is 13.0. The molecule has 4 aromatic rings. The van der Waals surface area contributed by atoms with Crippen LogP contribution in [0.25, 0.3) is 11.3 Å². The number of nitrogens with one attached hydrogen (secondary N) is 1. The van der Waals surface area contributed by atoms with Gasteiger partial charge in [0.15, 0.2) is 0 Å². The molecule has 0 saturated carbocycles. The van der Waals surface area contributed by atoms with Gasteiger partial charge in [0.25, 0.3) is 0 Å². The van der Waals surface area contributed by atoms with E-state index < -0.39 is 18.1 Å². The predicted molar refractivity (Wildman–Crippen MR) is 139 cm³/mol. The van der Waals surface area contributed by atoms with Crippen LogP contribution in [0.1, 0.15) is 47.0 Å². The summed E-state index contributed by atoms with van der Waals surface area (Å²) in [7, 11) is 0. The van der Waals surface area contributed by atoms with E-state index in [4.69, 9.17) is 26.0 Å². The predicted octanol–water partition coefficient (Wildman–Crippen LogP) is 7.91. The molecule has 2 N–H and O–H groups in total. The lowest BCUT2D eigenvalue weighted by atomic mass is 10.0. The second-order valence-electron chi connectivity index (χ2n) is 8.85. The van der Waals surface area contributed by atoms with Crippen molar-refractivity contribution in [1.82, 2.24) is 5.16 Å². The highest BCUT2D eigenvalue weighted by atomic mass is 35.5. The van der Waals surface area contributed by atoms with Crippen LogP contribution in [-0.2, 0) is 13.2 Å². The van der Waals surface area contributed by atoms with Crippen molar-refractivity contribution in [2.24, 2.45) is 0 Å². The van der Waals surface area contributed by atoms with E-state index in [9.17, 15) is 18.0 Å². The first kappa shape index (κ1) is 27.8. The van der Waals surface area contributed by atoms with Crippen molar-refractivity contribution < 1.29 is 37.1 Å². The van der Waals surface area contributed by atoms with Crippen LogP contribution in [0.15, 0.2) is 71.3 Å². The van der Waals surface area contributed by atoms with Gasteiger partial charge < -0.3 is 24.4 Å². The SMILES string of the molecule is CC(C)c1onc(-c2ccccc2OC(F)(F)F)c1COc1ccc(CNc2cccc(C(=O)O)c2)c(Cl)c1. The molecule has 4 rings (SSSR count). The van der Waals surface area contributed by atoms with Crippen LogP contribution in [-0.4, -0.2) is 22.6 Å². The van der Waals surface area contributed by atoms with Gasteiger partial charge in [-0.15, -0.1) is 13.2 Å². The molecular weight excluding hydrogens is 537 g/mol. The highest BCUT2D eigenvalue weighted by molar-refractivity contribution is 6.31. The fraction of sp³-hybridized carbons (Fsp3) is 0.214. The van der Waals surface area contributed by atoms with Gasteiger partial charge in [0.2, 0.25) is 0 Å². The molecule has 0 aliphatic rings. The van der Waals surface area contributed by atoms with Crippen molar-refractivity contribution in [2.45, 2.75) is 39.3 Å². The van der Waals surface area contributed by atoms with Gasteiger partial charge in [-0.05, 0) is 48.0 Å². The van der Waals surface area contributed by atoms with Gasteiger partial charge in [-0.2, -0.15) is 0 Å². The van der Waals surface area contributed by atoms with E-state index >= 15 is 0 Å². The number of carbonyl (C=O) groups is 1. The molecule has 0 unspecified atom stereocenters. The Labute approximate surface area is 227 Å². The second-order valence-corrected chi connectivity index (χ2v) is 9.26. The Morgan fingerprint density at radius 2 is 1.87 bits per heavy atom. The zero-order valence-electron chi connectivity index (χ0n) is 20.9. The molecule has 39 heavy (non-hydrogen) atoms. The van der Waals surface area contributed by atoms with E-state index in [1.165, 1.54) is 30.3 Å². The number of benzene rings is 3. The second kappa shape index (κ2) is 11.7. The molecule has 0 aliphatic heterocycles. The number of ether oxygens (including phenoxy) is 2. The number of alkyl halides is 3. The maximum Gasteiger partial charge on any atom is 0.573 e. The minimum absolute atomic E-state index is 0.0391. The number of carboxylic acids is 1. The number of carboxylic acid groups (broad SMARTS) is 1. The Kier molecular flexibility index (Phi) is 8.35. The lowest BCUT2D eigenvalue weighted by Gasteiger charge is -2.14. The average Bonchev–Trinajstić information content (AvgIpc) is 3.30. The smallest absolute Gasteiger partial charge is 0.489 e. The first-order chi connectivity index (χ1) is 18.5. The number of rotatable bonds is 10. The van der Waals surface area contributed by atoms with Crippen molar-refractivity contribution in [3.8, 4) is 22.8 Å². The van der Waals surface area contributed by atoms with Crippen LogP contribution >= 0.6 is 11.6 Å². The summed E-state index contributed by atoms with van der Waals surface area (Å²) < 4.78 is 54.6. The summed E-state index contributed by atoms with van der Waals surface area (Å²) in [5, 5.41) is 16.7. The molecule has 0 bridgehead atoms. The third-order valence-corrected chi connectivity index (χ3v) is 6.06. The highest BCUT2D eigenvalue weighted by Gasteiger charge is 2.33. The molecule has 0 fully saturated rings. The van der Waals surface area contributed by atoms with Gasteiger partial charge >= 0.3 is 12.3 Å². The molecule has 0 aliphatic carbocycles. The van der Waals surface area contributed by atoms with Gasteiger partial charge in [0.1, 0.15) is 29.6 Å². The van der Waals surface area contributed by atoms with E-state index in [1.54, 1.807) is 36.4 Å². The number of halogens is 4. The first-order valence-corrected chi connectivity index (χ1v) is 12.2. The van der Waals surface area contributed by atoms with Gasteiger partial charge in [0.05, 0.1) is 11.1 Å². The molecule has 0 radical (unpaired) electrons. The van der Waals surface area contributed by atoms with Crippen molar-refractivity contribution in [2.75, 3.05) is 5.32 Å². The average molecular weight is 561 g/mol. The normalized spacial score (nSPS) is 11.5. The van der Waals surface area contributed by atoms with E-state index in [-0.39, 0.29) is 29.3 Å². The summed E-state index contributed by atoms with van der Waals surface area (Å²) in [6.45, 7) is 4.04. The largest absolute Gasteiger partial charge is 0.573 e. The third-order valence-electron chi connectivity index (χ3n) is 5.71. The summed E-state index contributed by atoms with van der Waals surface area (Å²) >= 11 is 6.46. The van der Waals surface area contributed by atoms with Gasteiger partial charge in [-0.3, -0.25) is 0 Å². The third kappa shape index (κ3) is 7.02. The fourth-order valence-electron chi connectivity index (χ4n) is 3.88. The molecular formula is C28H24ClF3N2O5. The van der Waals surface area contributed by atoms with Crippen LogP contribution in [0.4, 0.5) is 18.9 Å². The van der Waals surface area contributed by atoms with Gasteiger partial charge in [0, 0.05) is 28.7 Å².